The third kappa shape index (κ3) is 3.50. The topological polar surface area (TPSA) is 94.3 Å². The van der Waals surface area contributed by atoms with Crippen LogP contribution in [0.25, 0.3) is 0 Å². The summed E-state index contributed by atoms with van der Waals surface area (Å²) < 4.78 is 5.01. The molecule has 0 atom stereocenters. The summed E-state index contributed by atoms with van der Waals surface area (Å²) in [6.07, 6.45) is 5.08. The molecule has 24 heavy (non-hydrogen) atoms. The van der Waals surface area contributed by atoms with Crippen LogP contribution in [0.3, 0.4) is 0 Å². The number of amides is 2. The number of anilines is 1. The molecule has 3 rings (SSSR count). The van der Waals surface area contributed by atoms with E-state index in [0.29, 0.717) is 22.9 Å². The zero-order valence-electron chi connectivity index (χ0n) is 13.4. The fourth-order valence-corrected chi connectivity index (χ4v) is 4.90. The van der Waals surface area contributed by atoms with Crippen LogP contribution in [0.5, 0.6) is 0 Å². The lowest BCUT2D eigenvalue weighted by Gasteiger charge is -2.05. The van der Waals surface area contributed by atoms with Gasteiger partial charge >= 0.3 is 0 Å². The van der Waals surface area contributed by atoms with Gasteiger partial charge in [-0.05, 0) is 31.2 Å². The van der Waals surface area contributed by atoms with E-state index in [4.69, 9.17) is 10.5 Å². The molecule has 128 valence electrons. The molecule has 6 nitrogen and oxygen atoms in total. The van der Waals surface area contributed by atoms with Crippen molar-refractivity contribution in [2.45, 2.75) is 38.7 Å². The molecular weight excluding hydrogens is 346 g/mol. The number of carbonyl (C=O) groups excluding carboxylic acids is 2. The van der Waals surface area contributed by atoms with Gasteiger partial charge in [0.05, 0.1) is 12.2 Å². The quantitative estimate of drug-likeness (QED) is 0.797. The number of carbonyl (C=O) groups is 2. The van der Waals surface area contributed by atoms with Crippen LogP contribution in [-0.4, -0.2) is 23.9 Å². The number of fused-ring (bicyclic) bond motifs is 1. The van der Waals surface area contributed by atoms with Crippen LogP contribution in [0.1, 0.15) is 55.6 Å². The number of aryl methyl sites for hydroxylation is 1. The number of primary amides is 1. The highest BCUT2D eigenvalue weighted by atomic mass is 32.1. The molecule has 0 spiro atoms. The number of nitrogens with one attached hydrogen (secondary N) is 1. The van der Waals surface area contributed by atoms with Crippen LogP contribution >= 0.6 is 22.7 Å². The van der Waals surface area contributed by atoms with E-state index in [1.54, 1.807) is 12.5 Å². The predicted octanol–water partition coefficient (Wildman–Crippen LogP) is 2.97. The minimum absolute atomic E-state index is 0.325. The van der Waals surface area contributed by atoms with Crippen molar-refractivity contribution in [1.29, 1.82) is 0 Å². The molecule has 3 N–H and O–H groups in total. The first-order chi connectivity index (χ1) is 11.6. The van der Waals surface area contributed by atoms with Crippen molar-refractivity contribution < 1.29 is 14.3 Å². The molecule has 1 aliphatic carbocycles. The van der Waals surface area contributed by atoms with Crippen molar-refractivity contribution in [2.24, 2.45) is 5.73 Å². The zero-order chi connectivity index (χ0) is 17.1. The number of nitrogens with two attached hydrogens (primary N) is 1. The maximum atomic E-state index is 12.4. The Kier molecular flexibility index (Phi) is 5.27. The number of hydrogen-bond acceptors (Lipinski definition) is 6. The fourth-order valence-electron chi connectivity index (χ4n) is 2.86. The second-order valence-electron chi connectivity index (χ2n) is 5.65. The van der Waals surface area contributed by atoms with E-state index >= 15 is 0 Å². The van der Waals surface area contributed by atoms with Gasteiger partial charge in [-0.3, -0.25) is 9.59 Å². The number of ether oxygens (including phenoxy) is 1. The van der Waals surface area contributed by atoms with Gasteiger partial charge in [-0.15, -0.1) is 22.7 Å². The van der Waals surface area contributed by atoms with Crippen molar-refractivity contribution in [3.8, 4) is 0 Å². The molecule has 0 aliphatic heterocycles. The lowest BCUT2D eigenvalue weighted by molar-refractivity contribution is 0.100. The van der Waals surface area contributed by atoms with E-state index in [9.17, 15) is 9.59 Å². The van der Waals surface area contributed by atoms with Gasteiger partial charge in [0.25, 0.3) is 11.8 Å². The molecule has 0 unspecified atom stereocenters. The second-order valence-corrected chi connectivity index (χ2v) is 7.69. The summed E-state index contributed by atoms with van der Waals surface area (Å²) in [4.78, 5) is 29.8. The number of thiazole rings is 1. The van der Waals surface area contributed by atoms with E-state index in [1.807, 2.05) is 0 Å². The van der Waals surface area contributed by atoms with Gasteiger partial charge in [-0.25, -0.2) is 4.98 Å². The summed E-state index contributed by atoms with van der Waals surface area (Å²) in [5.41, 5.74) is 7.39. The highest BCUT2D eigenvalue weighted by Crippen LogP contribution is 2.37. The first-order valence-corrected chi connectivity index (χ1v) is 9.48. The largest absolute Gasteiger partial charge is 0.378 e. The third-order valence-corrected chi connectivity index (χ3v) is 5.98. The summed E-state index contributed by atoms with van der Waals surface area (Å²) in [6, 6.07) is 0. The van der Waals surface area contributed by atoms with Crippen molar-refractivity contribution in [3.63, 3.8) is 0 Å². The van der Waals surface area contributed by atoms with Gasteiger partial charge in [0, 0.05) is 17.4 Å². The van der Waals surface area contributed by atoms with E-state index in [0.717, 1.165) is 47.6 Å². The Hall–Kier alpha value is -1.77. The van der Waals surface area contributed by atoms with E-state index in [2.05, 4.69) is 10.3 Å². The number of hydrogen-bond donors (Lipinski definition) is 2. The van der Waals surface area contributed by atoms with Crippen LogP contribution in [0.2, 0.25) is 0 Å². The summed E-state index contributed by atoms with van der Waals surface area (Å²) in [5, 5.41) is 5.79. The van der Waals surface area contributed by atoms with Gasteiger partial charge in [0.1, 0.15) is 15.7 Å². The van der Waals surface area contributed by atoms with Crippen LogP contribution in [0.15, 0.2) is 5.38 Å². The minimum atomic E-state index is -0.483. The molecule has 0 saturated carbocycles. The Morgan fingerprint density at radius 2 is 2.12 bits per heavy atom. The lowest BCUT2D eigenvalue weighted by atomic mass is 10.1. The van der Waals surface area contributed by atoms with E-state index in [-0.39, 0.29) is 5.91 Å². The Morgan fingerprint density at radius 3 is 2.88 bits per heavy atom. The maximum absolute atomic E-state index is 12.4. The highest BCUT2D eigenvalue weighted by molar-refractivity contribution is 7.17. The normalized spacial score (nSPS) is 14.0. The standard InChI is InChI=1S/C16H19N3O3S2/c1-22-7-12-18-10(8-23-12)15(21)19-16-13(14(17)20)9-5-3-2-4-6-11(9)24-16/h8H,2-7H2,1H3,(H2,17,20)(H,19,21). The monoisotopic (exact) mass is 365 g/mol. The van der Waals surface area contributed by atoms with Gasteiger partial charge in [-0.2, -0.15) is 0 Å². The molecule has 0 radical (unpaired) electrons. The first kappa shape index (κ1) is 17.1. The van der Waals surface area contributed by atoms with Crippen LogP contribution < -0.4 is 11.1 Å². The second kappa shape index (κ2) is 7.42. The smallest absolute Gasteiger partial charge is 0.275 e. The van der Waals surface area contributed by atoms with Crippen LogP contribution in [0.4, 0.5) is 5.00 Å². The summed E-state index contributed by atoms with van der Waals surface area (Å²) in [7, 11) is 1.58. The van der Waals surface area contributed by atoms with Gasteiger partial charge in [0.2, 0.25) is 0 Å². The summed E-state index contributed by atoms with van der Waals surface area (Å²) >= 11 is 2.83. The molecule has 0 fully saturated rings. The van der Waals surface area contributed by atoms with Crippen molar-refractivity contribution in [2.75, 3.05) is 12.4 Å². The van der Waals surface area contributed by atoms with Gasteiger partial charge in [-0.1, -0.05) is 6.42 Å². The molecule has 1 aliphatic rings. The van der Waals surface area contributed by atoms with E-state index < -0.39 is 5.91 Å². The summed E-state index contributed by atoms with van der Waals surface area (Å²) in [5.74, 6) is -0.810. The van der Waals surface area contributed by atoms with Gasteiger partial charge < -0.3 is 15.8 Å². The van der Waals surface area contributed by atoms with Crippen molar-refractivity contribution in [3.05, 3.63) is 32.1 Å². The van der Waals surface area contributed by atoms with Crippen LogP contribution in [-0.2, 0) is 24.2 Å². The van der Waals surface area contributed by atoms with Crippen molar-refractivity contribution >= 4 is 39.5 Å². The molecule has 2 aromatic heterocycles. The van der Waals surface area contributed by atoms with Crippen LogP contribution in [0, 0.1) is 0 Å². The average molecular weight is 365 g/mol. The number of methoxy groups -OCH3 is 1. The Balaban J connectivity index is 1.86. The lowest BCUT2D eigenvalue weighted by Crippen LogP contribution is -2.18. The molecule has 2 amide bonds. The zero-order valence-corrected chi connectivity index (χ0v) is 15.0. The number of thiophene rings is 1. The van der Waals surface area contributed by atoms with Crippen molar-refractivity contribution in [1.82, 2.24) is 4.98 Å². The molecule has 8 heteroatoms. The maximum Gasteiger partial charge on any atom is 0.275 e. The number of nitrogens with zero attached hydrogens (tertiary/aromatic N) is 1. The molecule has 0 saturated heterocycles. The highest BCUT2D eigenvalue weighted by Gasteiger charge is 2.25. The first-order valence-electron chi connectivity index (χ1n) is 7.79. The molecular formula is C16H19N3O3S2. The third-order valence-electron chi connectivity index (χ3n) is 3.95. The molecule has 0 bridgehead atoms. The van der Waals surface area contributed by atoms with Gasteiger partial charge in [0.15, 0.2) is 0 Å². The molecule has 0 aromatic carbocycles. The summed E-state index contributed by atoms with van der Waals surface area (Å²) in [6.45, 7) is 0.373. The number of rotatable bonds is 5. The molecule has 2 heterocycles. The average Bonchev–Trinajstić information content (AvgIpc) is 3.06. The molecule has 2 aromatic rings. The Morgan fingerprint density at radius 1 is 1.33 bits per heavy atom. The number of aromatic nitrogens is 1. The van der Waals surface area contributed by atoms with E-state index in [1.165, 1.54) is 22.7 Å². The minimum Gasteiger partial charge on any atom is -0.378 e. The predicted molar refractivity (Wildman–Crippen MR) is 94.9 cm³/mol. The fraction of sp³-hybridized carbons (Fsp3) is 0.438. The SMILES string of the molecule is COCc1nc(C(=O)Nc2sc3c(c2C(N)=O)CCCCC3)cs1. The Labute approximate surface area is 148 Å². The Bertz CT molecular complexity index is 767.